The third kappa shape index (κ3) is 53.8. The second-order valence-electron chi connectivity index (χ2n) is 21.0. The fourth-order valence-corrected chi connectivity index (χ4v) is 9.16. The van der Waals surface area contributed by atoms with Gasteiger partial charge in [0.25, 0.3) is 0 Å². The molecule has 10 heteroatoms. The van der Waals surface area contributed by atoms with E-state index in [0.717, 1.165) is 32.1 Å². The van der Waals surface area contributed by atoms with Crippen molar-refractivity contribution in [1.82, 2.24) is 0 Å². The summed E-state index contributed by atoms with van der Waals surface area (Å²) >= 11 is 0. The van der Waals surface area contributed by atoms with Gasteiger partial charge in [-0.2, -0.15) is 0 Å². The molecule has 0 aromatic heterocycles. The predicted molar refractivity (Wildman–Crippen MR) is 289 cm³/mol. The molecule has 2 unspecified atom stereocenters. The number of esters is 2. The molecule has 2 atom stereocenters. The van der Waals surface area contributed by atoms with Crippen molar-refractivity contribution in [3.8, 4) is 0 Å². The van der Waals surface area contributed by atoms with E-state index in [0.29, 0.717) is 17.4 Å². The average molecular weight is 984 g/mol. The van der Waals surface area contributed by atoms with Gasteiger partial charge in [-0.15, -0.1) is 0 Å². The minimum absolute atomic E-state index is 0.0336. The summed E-state index contributed by atoms with van der Waals surface area (Å²) in [5.41, 5.74) is 0. The number of phosphoric acid groups is 1. The molecule has 0 fully saturated rings. The van der Waals surface area contributed by atoms with E-state index in [4.69, 9.17) is 18.5 Å². The summed E-state index contributed by atoms with van der Waals surface area (Å²) in [5, 5.41) is 0. The minimum Gasteiger partial charge on any atom is -0.462 e. The van der Waals surface area contributed by atoms with Crippen LogP contribution in [0.4, 0.5) is 0 Å². The van der Waals surface area contributed by atoms with Crippen molar-refractivity contribution in [1.29, 1.82) is 0 Å². The maximum atomic E-state index is 12.8. The van der Waals surface area contributed by atoms with Gasteiger partial charge in [0.15, 0.2) is 6.10 Å². The van der Waals surface area contributed by atoms with Crippen molar-refractivity contribution in [2.45, 2.75) is 290 Å². The van der Waals surface area contributed by atoms with E-state index in [9.17, 15) is 19.0 Å². The number of unbranched alkanes of at least 4 members (excludes halogenated alkanes) is 36. The van der Waals surface area contributed by atoms with Gasteiger partial charge in [-0.05, 0) is 64.2 Å². The fourth-order valence-electron chi connectivity index (χ4n) is 8.42. The zero-order valence-electron chi connectivity index (χ0n) is 45.6. The Morgan fingerprint density at radius 2 is 0.750 bits per heavy atom. The highest BCUT2D eigenvalue weighted by molar-refractivity contribution is 7.47. The molecule has 9 nitrogen and oxygen atoms in total. The Morgan fingerprint density at radius 3 is 1.09 bits per heavy atom. The highest BCUT2D eigenvalue weighted by atomic mass is 31.2. The van der Waals surface area contributed by atoms with Gasteiger partial charge in [-0.3, -0.25) is 18.6 Å². The van der Waals surface area contributed by atoms with Gasteiger partial charge in [0, 0.05) is 12.8 Å². The van der Waals surface area contributed by atoms with Crippen LogP contribution in [-0.4, -0.2) is 74.9 Å². The summed E-state index contributed by atoms with van der Waals surface area (Å²) in [5.74, 6) is -0.786. The first-order valence-electron chi connectivity index (χ1n) is 29.1. The lowest BCUT2D eigenvalue weighted by molar-refractivity contribution is -0.870. The molecule has 0 aromatic carbocycles. The molecule has 0 rings (SSSR count). The van der Waals surface area contributed by atoms with E-state index in [2.05, 4.69) is 38.2 Å². The molecular weight excluding hydrogens is 870 g/mol. The van der Waals surface area contributed by atoms with Crippen LogP contribution >= 0.6 is 7.82 Å². The van der Waals surface area contributed by atoms with Crippen LogP contribution in [0.15, 0.2) is 24.3 Å². The Hall–Kier alpha value is -1.51. The van der Waals surface area contributed by atoms with Gasteiger partial charge in [-0.25, -0.2) is 4.57 Å². The number of carbonyl (C=O) groups is 2. The molecule has 68 heavy (non-hydrogen) atoms. The normalized spacial score (nSPS) is 13.4. The molecule has 1 N–H and O–H groups in total. The van der Waals surface area contributed by atoms with Crippen molar-refractivity contribution >= 4 is 19.8 Å². The lowest BCUT2D eigenvalue weighted by atomic mass is 10.0. The molecule has 0 bridgehead atoms. The van der Waals surface area contributed by atoms with Gasteiger partial charge >= 0.3 is 19.8 Å². The standard InChI is InChI=1S/C58H112NO8P/c1-6-8-10-12-14-16-18-20-22-24-26-27-28-29-30-31-33-35-37-39-41-43-45-47-49-51-58(61)67-56(55-66-68(62,63)65-53-52-59(3,4)5)54-64-57(60)50-48-46-44-42-40-38-36-34-32-25-23-21-19-17-15-13-11-9-7-2/h21,23-24,26,56H,6-20,22,25,27-55H2,1-5H3/p+1/b23-21-,26-24-. The molecule has 402 valence electrons. The SMILES string of the molecule is CCCCCCCC/C=C\CCCCCCCCCCCC(=O)OCC(COP(=O)(O)OCC[N+](C)(C)C)OC(=O)CCCCCCCCCCCCCCC/C=C\CCCCCCCCCC. The lowest BCUT2D eigenvalue weighted by Gasteiger charge is -2.24. The molecule has 0 saturated carbocycles. The average Bonchev–Trinajstić information content (AvgIpc) is 3.30. The molecule has 0 saturated heterocycles. The van der Waals surface area contributed by atoms with Gasteiger partial charge in [0.2, 0.25) is 0 Å². The van der Waals surface area contributed by atoms with E-state index in [-0.39, 0.29) is 32.0 Å². The largest absolute Gasteiger partial charge is 0.472 e. The number of rotatable bonds is 54. The Bertz CT molecular complexity index is 1200. The highest BCUT2D eigenvalue weighted by Gasteiger charge is 2.27. The molecule has 0 heterocycles. The van der Waals surface area contributed by atoms with Crippen LogP contribution in [0.1, 0.15) is 284 Å². The lowest BCUT2D eigenvalue weighted by Crippen LogP contribution is -2.37. The van der Waals surface area contributed by atoms with Crippen LogP contribution in [0.5, 0.6) is 0 Å². The monoisotopic (exact) mass is 983 g/mol. The summed E-state index contributed by atoms with van der Waals surface area (Å²) in [7, 11) is 1.49. The molecule has 0 spiro atoms. The van der Waals surface area contributed by atoms with Gasteiger partial charge in [0.1, 0.15) is 19.8 Å². The van der Waals surface area contributed by atoms with Crippen LogP contribution < -0.4 is 0 Å². The number of allylic oxidation sites excluding steroid dienone is 4. The first kappa shape index (κ1) is 66.5. The van der Waals surface area contributed by atoms with Crippen molar-refractivity contribution in [2.24, 2.45) is 0 Å². The first-order valence-corrected chi connectivity index (χ1v) is 30.6. The Labute approximate surface area is 421 Å². The Balaban J connectivity index is 4.13. The van der Waals surface area contributed by atoms with Crippen LogP contribution in [0, 0.1) is 0 Å². The smallest absolute Gasteiger partial charge is 0.462 e. The zero-order valence-corrected chi connectivity index (χ0v) is 46.5. The van der Waals surface area contributed by atoms with Gasteiger partial charge in [-0.1, -0.05) is 231 Å². The second-order valence-corrected chi connectivity index (χ2v) is 22.5. The summed E-state index contributed by atoms with van der Waals surface area (Å²) in [6, 6.07) is 0. The van der Waals surface area contributed by atoms with Crippen molar-refractivity contribution in [2.75, 3.05) is 47.5 Å². The van der Waals surface area contributed by atoms with E-state index < -0.39 is 26.5 Å². The first-order chi connectivity index (χ1) is 33.0. The number of hydrogen-bond acceptors (Lipinski definition) is 7. The number of carbonyl (C=O) groups excluding carboxylic acids is 2. The maximum absolute atomic E-state index is 12.8. The van der Waals surface area contributed by atoms with Crippen LogP contribution in [0.2, 0.25) is 0 Å². The number of ether oxygens (including phenoxy) is 2. The van der Waals surface area contributed by atoms with Crippen LogP contribution in [0.25, 0.3) is 0 Å². The van der Waals surface area contributed by atoms with Crippen molar-refractivity contribution < 1.29 is 42.1 Å². The predicted octanol–water partition coefficient (Wildman–Crippen LogP) is 17.8. The van der Waals surface area contributed by atoms with Crippen LogP contribution in [-0.2, 0) is 32.7 Å². The van der Waals surface area contributed by atoms with Crippen molar-refractivity contribution in [3.63, 3.8) is 0 Å². The van der Waals surface area contributed by atoms with Crippen molar-refractivity contribution in [3.05, 3.63) is 24.3 Å². The van der Waals surface area contributed by atoms with Gasteiger partial charge < -0.3 is 18.9 Å². The van der Waals surface area contributed by atoms with Crippen LogP contribution in [0.3, 0.4) is 0 Å². The molecular formula is C58H113NO8P+. The number of likely N-dealkylation sites (N-methyl/N-ethyl adjacent to an activating group) is 1. The number of phosphoric ester groups is 1. The number of quaternary nitrogens is 1. The number of nitrogens with zero attached hydrogens (tertiary/aromatic N) is 1. The van der Waals surface area contributed by atoms with E-state index >= 15 is 0 Å². The summed E-state index contributed by atoms with van der Waals surface area (Å²) in [6.45, 7) is 4.47. The zero-order chi connectivity index (χ0) is 49.9. The minimum atomic E-state index is -4.38. The summed E-state index contributed by atoms with van der Waals surface area (Å²) in [6.07, 6.45) is 59.6. The quantitative estimate of drug-likeness (QED) is 0.0211. The molecule has 0 aliphatic rings. The summed E-state index contributed by atoms with van der Waals surface area (Å²) < 4.78 is 34.6. The fraction of sp³-hybridized carbons (Fsp3) is 0.897. The summed E-state index contributed by atoms with van der Waals surface area (Å²) in [4.78, 5) is 35.7. The topological polar surface area (TPSA) is 108 Å². The van der Waals surface area contributed by atoms with Gasteiger partial charge in [0.05, 0.1) is 27.7 Å². The molecule has 0 aliphatic heterocycles. The van der Waals surface area contributed by atoms with E-state index in [1.807, 2.05) is 21.1 Å². The molecule has 0 radical (unpaired) electrons. The molecule has 0 aromatic rings. The highest BCUT2D eigenvalue weighted by Crippen LogP contribution is 2.43. The number of hydrogen-bond donors (Lipinski definition) is 1. The third-order valence-corrected chi connectivity index (χ3v) is 13.9. The van der Waals surface area contributed by atoms with E-state index in [1.54, 1.807) is 0 Å². The van der Waals surface area contributed by atoms with E-state index in [1.165, 1.54) is 218 Å². The molecule has 0 amide bonds. The molecule has 0 aliphatic carbocycles. The Morgan fingerprint density at radius 1 is 0.441 bits per heavy atom. The Kier molecular flexibility index (Phi) is 49.3. The third-order valence-electron chi connectivity index (χ3n) is 13.0. The second kappa shape index (κ2) is 50.4. The maximum Gasteiger partial charge on any atom is 0.472 e.